The fraction of sp³-hybridized carbons (Fsp3) is 0.500. The lowest BCUT2D eigenvalue weighted by molar-refractivity contribution is -0.140. The first-order valence-corrected chi connectivity index (χ1v) is 8.20. The lowest BCUT2D eigenvalue weighted by atomic mass is 10.1. The molecule has 1 aromatic heterocycles. The van der Waals surface area contributed by atoms with E-state index in [9.17, 15) is 14.4 Å². The van der Waals surface area contributed by atoms with Crippen LogP contribution in [0.25, 0.3) is 6.08 Å². The van der Waals surface area contributed by atoms with E-state index in [0.29, 0.717) is 12.2 Å². The van der Waals surface area contributed by atoms with Crippen LogP contribution in [0.1, 0.15) is 67.5 Å². The summed E-state index contributed by atoms with van der Waals surface area (Å²) in [5, 5.41) is 0. The summed E-state index contributed by atoms with van der Waals surface area (Å²) in [6, 6.07) is 1.26. The third-order valence-electron chi connectivity index (χ3n) is 3.63. The SMILES string of the molecule is COC(=O)CCCCCCCCC=Cc1cc(=O)c(C(N)=O)co1. The third kappa shape index (κ3) is 7.76. The second kappa shape index (κ2) is 11.2. The van der Waals surface area contributed by atoms with Gasteiger partial charge in [-0.3, -0.25) is 14.4 Å². The van der Waals surface area contributed by atoms with E-state index < -0.39 is 11.3 Å². The van der Waals surface area contributed by atoms with E-state index in [0.717, 1.165) is 51.2 Å². The molecule has 0 aliphatic rings. The first-order chi connectivity index (χ1) is 11.5. The van der Waals surface area contributed by atoms with Crippen molar-refractivity contribution in [2.24, 2.45) is 5.73 Å². The van der Waals surface area contributed by atoms with Gasteiger partial charge in [-0.15, -0.1) is 0 Å². The van der Waals surface area contributed by atoms with Gasteiger partial charge in [-0.2, -0.15) is 0 Å². The van der Waals surface area contributed by atoms with Gasteiger partial charge in [0.1, 0.15) is 17.6 Å². The van der Waals surface area contributed by atoms with Crippen LogP contribution in [0.15, 0.2) is 27.6 Å². The highest BCUT2D eigenvalue weighted by Crippen LogP contribution is 2.10. The summed E-state index contributed by atoms with van der Waals surface area (Å²) < 4.78 is 9.76. The van der Waals surface area contributed by atoms with Crippen LogP contribution in [0, 0.1) is 0 Å². The van der Waals surface area contributed by atoms with Crippen LogP contribution < -0.4 is 11.2 Å². The minimum absolute atomic E-state index is 0.139. The van der Waals surface area contributed by atoms with E-state index in [1.807, 2.05) is 6.08 Å². The van der Waals surface area contributed by atoms with Crippen molar-refractivity contribution in [2.75, 3.05) is 7.11 Å². The quantitative estimate of drug-likeness (QED) is 0.495. The summed E-state index contributed by atoms with van der Waals surface area (Å²) in [6.45, 7) is 0. The van der Waals surface area contributed by atoms with Gasteiger partial charge in [0.25, 0.3) is 5.91 Å². The number of ether oxygens (including phenoxy) is 1. The van der Waals surface area contributed by atoms with Gasteiger partial charge in [0, 0.05) is 12.5 Å². The molecule has 132 valence electrons. The Kier molecular flexibility index (Phi) is 9.19. The Morgan fingerprint density at radius 3 is 2.46 bits per heavy atom. The largest absolute Gasteiger partial charge is 0.469 e. The lowest BCUT2D eigenvalue weighted by Gasteiger charge is -2.00. The summed E-state index contributed by atoms with van der Waals surface area (Å²) in [4.78, 5) is 33.4. The Bertz CT molecular complexity index is 618. The predicted octanol–water partition coefficient (Wildman–Crippen LogP) is 3.05. The smallest absolute Gasteiger partial charge is 0.305 e. The van der Waals surface area contributed by atoms with Crippen molar-refractivity contribution in [3.8, 4) is 0 Å². The van der Waals surface area contributed by atoms with Gasteiger partial charge in [-0.05, 0) is 25.3 Å². The molecule has 0 bridgehead atoms. The maximum absolute atomic E-state index is 11.6. The molecular weight excluding hydrogens is 310 g/mol. The molecule has 1 amide bonds. The molecule has 24 heavy (non-hydrogen) atoms. The fourth-order valence-corrected chi connectivity index (χ4v) is 2.23. The van der Waals surface area contributed by atoms with E-state index in [1.54, 1.807) is 6.08 Å². The number of allylic oxidation sites excluding steroid dienone is 1. The molecule has 6 heteroatoms. The molecule has 1 aromatic rings. The molecular formula is C18H25NO5. The number of primary amides is 1. The lowest BCUT2D eigenvalue weighted by Crippen LogP contribution is -2.20. The molecule has 0 aromatic carbocycles. The first-order valence-electron chi connectivity index (χ1n) is 8.20. The Morgan fingerprint density at radius 1 is 1.17 bits per heavy atom. The molecule has 1 rings (SSSR count). The molecule has 0 radical (unpaired) electrons. The maximum atomic E-state index is 11.6. The number of amides is 1. The first kappa shape index (κ1) is 19.7. The zero-order valence-corrected chi connectivity index (χ0v) is 14.1. The van der Waals surface area contributed by atoms with Gasteiger partial charge in [-0.1, -0.05) is 31.8 Å². The summed E-state index contributed by atoms with van der Waals surface area (Å²) in [6.07, 6.45) is 12.5. The van der Waals surface area contributed by atoms with Crippen molar-refractivity contribution in [3.63, 3.8) is 0 Å². The monoisotopic (exact) mass is 335 g/mol. The Balaban J connectivity index is 2.14. The van der Waals surface area contributed by atoms with Crippen molar-refractivity contribution < 1.29 is 18.7 Å². The summed E-state index contributed by atoms with van der Waals surface area (Å²) in [7, 11) is 1.41. The highest BCUT2D eigenvalue weighted by Gasteiger charge is 2.06. The van der Waals surface area contributed by atoms with Gasteiger partial charge >= 0.3 is 5.97 Å². The zero-order valence-electron chi connectivity index (χ0n) is 14.1. The second-order valence-corrected chi connectivity index (χ2v) is 5.56. The molecule has 0 aliphatic heterocycles. The molecule has 0 saturated heterocycles. The van der Waals surface area contributed by atoms with Gasteiger partial charge in [0.05, 0.1) is 7.11 Å². The van der Waals surface area contributed by atoms with E-state index in [1.165, 1.54) is 13.2 Å². The topological polar surface area (TPSA) is 99.6 Å². The van der Waals surface area contributed by atoms with Crippen molar-refractivity contribution in [2.45, 2.75) is 51.4 Å². The average molecular weight is 335 g/mol. The average Bonchev–Trinajstić information content (AvgIpc) is 2.56. The molecule has 0 spiro atoms. The van der Waals surface area contributed by atoms with Crippen LogP contribution >= 0.6 is 0 Å². The van der Waals surface area contributed by atoms with E-state index in [4.69, 9.17) is 10.2 Å². The number of unbranched alkanes of at least 4 members (excludes halogenated alkanes) is 6. The van der Waals surface area contributed by atoms with E-state index >= 15 is 0 Å². The van der Waals surface area contributed by atoms with Crippen molar-refractivity contribution in [3.05, 3.63) is 40.0 Å². The predicted molar refractivity (Wildman–Crippen MR) is 91.5 cm³/mol. The van der Waals surface area contributed by atoms with Gasteiger partial charge in [-0.25, -0.2) is 0 Å². The Labute approximate surface area is 141 Å². The fourth-order valence-electron chi connectivity index (χ4n) is 2.23. The number of carbonyl (C=O) groups excluding carboxylic acids is 2. The van der Waals surface area contributed by atoms with Crippen molar-refractivity contribution in [1.29, 1.82) is 0 Å². The number of rotatable bonds is 11. The highest BCUT2D eigenvalue weighted by molar-refractivity contribution is 5.92. The number of nitrogens with two attached hydrogens (primary N) is 1. The van der Waals surface area contributed by atoms with Crippen LogP contribution in [-0.4, -0.2) is 19.0 Å². The number of carbonyl (C=O) groups is 2. The third-order valence-corrected chi connectivity index (χ3v) is 3.63. The molecule has 6 nitrogen and oxygen atoms in total. The van der Waals surface area contributed by atoms with Crippen LogP contribution in [0.5, 0.6) is 0 Å². The molecule has 2 N–H and O–H groups in total. The summed E-state index contributed by atoms with van der Waals surface area (Å²) in [5.41, 5.74) is 4.48. The number of hydrogen-bond donors (Lipinski definition) is 1. The number of esters is 1. The Hall–Kier alpha value is -2.37. The van der Waals surface area contributed by atoms with E-state index in [-0.39, 0.29) is 11.5 Å². The van der Waals surface area contributed by atoms with E-state index in [2.05, 4.69) is 4.74 Å². The standard InChI is InChI=1S/C18H25NO5/c1-23-17(21)11-9-7-5-3-2-4-6-8-10-14-12-16(20)15(13-24-14)18(19)22/h8,10,12-13H,2-7,9,11H2,1H3,(H2,19,22). The maximum Gasteiger partial charge on any atom is 0.305 e. The molecule has 0 unspecified atom stereocenters. The minimum Gasteiger partial charge on any atom is -0.469 e. The number of methoxy groups -OCH3 is 1. The van der Waals surface area contributed by atoms with Crippen LogP contribution in [0.2, 0.25) is 0 Å². The minimum atomic E-state index is -0.786. The zero-order chi connectivity index (χ0) is 17.8. The highest BCUT2D eigenvalue weighted by atomic mass is 16.5. The molecule has 0 aliphatic carbocycles. The molecule has 1 heterocycles. The summed E-state index contributed by atoms with van der Waals surface area (Å²) in [5.74, 6) is -0.519. The van der Waals surface area contributed by atoms with Gasteiger partial charge < -0.3 is 14.9 Å². The van der Waals surface area contributed by atoms with Crippen LogP contribution in [-0.2, 0) is 9.53 Å². The molecule has 0 saturated carbocycles. The summed E-state index contributed by atoms with van der Waals surface area (Å²) >= 11 is 0. The van der Waals surface area contributed by atoms with Gasteiger partial charge in [0.15, 0.2) is 5.43 Å². The second-order valence-electron chi connectivity index (χ2n) is 5.56. The van der Waals surface area contributed by atoms with Gasteiger partial charge in [0.2, 0.25) is 0 Å². The Morgan fingerprint density at radius 2 is 1.83 bits per heavy atom. The normalized spacial score (nSPS) is 10.9. The van der Waals surface area contributed by atoms with Crippen LogP contribution in [0.4, 0.5) is 0 Å². The van der Waals surface area contributed by atoms with Crippen molar-refractivity contribution in [1.82, 2.24) is 0 Å². The molecule has 0 fully saturated rings. The van der Waals surface area contributed by atoms with Crippen LogP contribution in [0.3, 0.4) is 0 Å². The number of hydrogen-bond acceptors (Lipinski definition) is 5. The van der Waals surface area contributed by atoms with Crippen molar-refractivity contribution >= 4 is 18.0 Å². The molecule has 0 atom stereocenters.